The van der Waals surface area contributed by atoms with Crippen LogP contribution in [0.25, 0.3) is 17.4 Å². The van der Waals surface area contributed by atoms with Gasteiger partial charge in [0.05, 0.1) is 5.56 Å². The van der Waals surface area contributed by atoms with E-state index in [1.807, 2.05) is 6.07 Å². The fraction of sp³-hybridized carbons (Fsp3) is 0.130. The highest BCUT2D eigenvalue weighted by atomic mass is 19.1. The molecule has 29 heavy (non-hydrogen) atoms. The summed E-state index contributed by atoms with van der Waals surface area (Å²) < 4.78 is 24.8. The fourth-order valence-corrected chi connectivity index (χ4v) is 2.68. The van der Waals surface area contributed by atoms with Crippen LogP contribution < -0.4 is 0 Å². The summed E-state index contributed by atoms with van der Waals surface area (Å²) in [7, 11) is 3.18. The van der Waals surface area contributed by atoms with E-state index in [2.05, 4.69) is 0 Å². The van der Waals surface area contributed by atoms with Gasteiger partial charge in [0, 0.05) is 25.7 Å². The van der Waals surface area contributed by atoms with Crippen molar-refractivity contribution in [3.63, 3.8) is 0 Å². The molecule has 0 fully saturated rings. The van der Waals surface area contributed by atoms with Crippen LogP contribution in [0.15, 0.2) is 77.2 Å². The lowest BCUT2D eigenvalue weighted by Gasteiger charge is -2.20. The predicted molar refractivity (Wildman–Crippen MR) is 107 cm³/mol. The highest BCUT2D eigenvalue weighted by Crippen LogP contribution is 2.25. The molecular weight excluding hydrogens is 373 g/mol. The minimum Gasteiger partial charge on any atom is -0.457 e. The molecule has 0 saturated carbocycles. The largest absolute Gasteiger partial charge is 0.457 e. The first-order valence-corrected chi connectivity index (χ1v) is 8.95. The highest BCUT2D eigenvalue weighted by molar-refractivity contribution is 5.90. The standard InChI is InChI=1S/C23H20FNO4/c1-25(2)23(27)22(16-8-4-3-5-9-16)29-21(26)15-13-17-12-14-20(28-17)18-10-6-7-11-19(18)24/h3-15,22H,1-2H3/b15-13+/t22-/m1/s1. The summed E-state index contributed by atoms with van der Waals surface area (Å²) in [5.41, 5.74) is 0.906. The van der Waals surface area contributed by atoms with Crippen LogP contribution in [0.2, 0.25) is 0 Å². The molecule has 0 N–H and O–H groups in total. The number of carbonyl (C=O) groups excluding carboxylic acids is 2. The summed E-state index contributed by atoms with van der Waals surface area (Å²) in [4.78, 5) is 26.1. The molecule has 0 aliphatic carbocycles. The van der Waals surface area contributed by atoms with Gasteiger partial charge in [0.1, 0.15) is 17.3 Å². The number of ether oxygens (including phenoxy) is 1. The van der Waals surface area contributed by atoms with Crippen molar-refractivity contribution in [2.45, 2.75) is 6.10 Å². The smallest absolute Gasteiger partial charge is 0.332 e. The number of esters is 1. The molecule has 0 aliphatic heterocycles. The van der Waals surface area contributed by atoms with Crippen LogP contribution in [0, 0.1) is 5.82 Å². The third kappa shape index (κ3) is 4.99. The third-order valence-electron chi connectivity index (χ3n) is 4.15. The molecule has 5 nitrogen and oxygen atoms in total. The molecule has 0 saturated heterocycles. The number of hydrogen-bond acceptors (Lipinski definition) is 4. The molecule has 1 atom stereocenters. The third-order valence-corrected chi connectivity index (χ3v) is 4.15. The number of rotatable bonds is 6. The SMILES string of the molecule is CN(C)C(=O)[C@H](OC(=O)/C=C/c1ccc(-c2ccccc2F)o1)c1ccccc1. The van der Waals surface area contributed by atoms with Gasteiger partial charge in [-0.15, -0.1) is 0 Å². The fourth-order valence-electron chi connectivity index (χ4n) is 2.68. The van der Waals surface area contributed by atoms with Gasteiger partial charge in [-0.2, -0.15) is 0 Å². The van der Waals surface area contributed by atoms with E-state index in [9.17, 15) is 14.0 Å². The van der Waals surface area contributed by atoms with E-state index in [0.29, 0.717) is 22.6 Å². The molecule has 148 valence electrons. The van der Waals surface area contributed by atoms with Gasteiger partial charge in [0.2, 0.25) is 6.10 Å². The van der Waals surface area contributed by atoms with Crippen molar-refractivity contribution in [3.8, 4) is 11.3 Å². The number of halogens is 1. The normalized spacial score (nSPS) is 12.0. The van der Waals surface area contributed by atoms with Crippen molar-refractivity contribution in [1.82, 2.24) is 4.90 Å². The number of nitrogens with zero attached hydrogens (tertiary/aromatic N) is 1. The number of furan rings is 1. The quantitative estimate of drug-likeness (QED) is 0.458. The van der Waals surface area contributed by atoms with Crippen LogP contribution in [0.3, 0.4) is 0 Å². The summed E-state index contributed by atoms with van der Waals surface area (Å²) in [6.45, 7) is 0. The second kappa shape index (κ2) is 9.01. The summed E-state index contributed by atoms with van der Waals surface area (Å²) >= 11 is 0. The lowest BCUT2D eigenvalue weighted by atomic mass is 10.1. The van der Waals surface area contributed by atoms with E-state index in [-0.39, 0.29) is 5.91 Å². The lowest BCUT2D eigenvalue weighted by Crippen LogP contribution is -2.30. The van der Waals surface area contributed by atoms with Gasteiger partial charge in [0.25, 0.3) is 5.91 Å². The van der Waals surface area contributed by atoms with Crippen LogP contribution in [0.5, 0.6) is 0 Å². The van der Waals surface area contributed by atoms with Crippen LogP contribution >= 0.6 is 0 Å². The number of likely N-dealkylation sites (N-methyl/N-ethyl adjacent to an activating group) is 1. The Morgan fingerprint density at radius 2 is 1.69 bits per heavy atom. The van der Waals surface area contributed by atoms with Crippen molar-refractivity contribution in [3.05, 3.63) is 89.9 Å². The van der Waals surface area contributed by atoms with E-state index in [1.54, 1.807) is 68.7 Å². The second-order valence-corrected chi connectivity index (χ2v) is 6.48. The Bertz CT molecular complexity index is 1020. The Hall–Kier alpha value is -3.67. The van der Waals surface area contributed by atoms with Crippen molar-refractivity contribution < 1.29 is 23.1 Å². The minimum atomic E-state index is -1.05. The number of hydrogen-bond donors (Lipinski definition) is 0. The molecule has 0 aliphatic rings. The lowest BCUT2D eigenvalue weighted by molar-refractivity contribution is -0.155. The monoisotopic (exact) mass is 393 g/mol. The maximum atomic E-state index is 13.9. The highest BCUT2D eigenvalue weighted by Gasteiger charge is 2.25. The van der Waals surface area contributed by atoms with Gasteiger partial charge in [0.15, 0.2) is 0 Å². The van der Waals surface area contributed by atoms with E-state index in [0.717, 1.165) is 0 Å². The molecule has 0 bridgehead atoms. The zero-order valence-corrected chi connectivity index (χ0v) is 16.0. The zero-order valence-electron chi connectivity index (χ0n) is 16.0. The molecular formula is C23H20FNO4. The number of amides is 1. The Labute approximate surface area is 168 Å². The maximum absolute atomic E-state index is 13.9. The Balaban J connectivity index is 1.73. The Morgan fingerprint density at radius 1 is 1.00 bits per heavy atom. The molecule has 0 spiro atoms. The average Bonchev–Trinajstić information content (AvgIpc) is 3.19. The first kappa shape index (κ1) is 20.1. The van der Waals surface area contributed by atoms with Crippen molar-refractivity contribution >= 4 is 18.0 Å². The molecule has 2 aromatic carbocycles. The summed E-state index contributed by atoms with van der Waals surface area (Å²) in [5.74, 6) is -0.739. The van der Waals surface area contributed by atoms with E-state index in [4.69, 9.17) is 9.15 Å². The van der Waals surface area contributed by atoms with Crippen LogP contribution in [-0.4, -0.2) is 30.9 Å². The molecule has 3 aromatic rings. The van der Waals surface area contributed by atoms with E-state index < -0.39 is 17.9 Å². The topological polar surface area (TPSA) is 59.8 Å². The predicted octanol–water partition coefficient (Wildman–Crippen LogP) is 4.47. The van der Waals surface area contributed by atoms with E-state index >= 15 is 0 Å². The van der Waals surface area contributed by atoms with Crippen molar-refractivity contribution in [2.75, 3.05) is 14.1 Å². The van der Waals surface area contributed by atoms with Crippen molar-refractivity contribution in [1.29, 1.82) is 0 Å². The first-order valence-electron chi connectivity index (χ1n) is 8.95. The van der Waals surface area contributed by atoms with Gasteiger partial charge < -0.3 is 14.1 Å². The summed E-state index contributed by atoms with van der Waals surface area (Å²) in [5, 5.41) is 0. The Morgan fingerprint density at radius 3 is 2.38 bits per heavy atom. The van der Waals surface area contributed by atoms with Gasteiger partial charge in [-0.25, -0.2) is 9.18 Å². The molecule has 1 aromatic heterocycles. The first-order chi connectivity index (χ1) is 14.0. The summed E-state index contributed by atoms with van der Waals surface area (Å²) in [6, 6.07) is 18.3. The molecule has 0 unspecified atom stereocenters. The van der Waals surface area contributed by atoms with Crippen LogP contribution in [-0.2, 0) is 14.3 Å². The zero-order chi connectivity index (χ0) is 20.8. The van der Waals surface area contributed by atoms with Crippen LogP contribution in [0.1, 0.15) is 17.4 Å². The molecule has 1 heterocycles. The summed E-state index contributed by atoms with van der Waals surface area (Å²) in [6.07, 6.45) is 1.53. The van der Waals surface area contributed by atoms with Gasteiger partial charge >= 0.3 is 5.97 Å². The number of benzene rings is 2. The van der Waals surface area contributed by atoms with Gasteiger partial charge in [-0.05, 0) is 30.3 Å². The molecule has 3 rings (SSSR count). The van der Waals surface area contributed by atoms with Crippen molar-refractivity contribution in [2.24, 2.45) is 0 Å². The van der Waals surface area contributed by atoms with Gasteiger partial charge in [-0.3, -0.25) is 4.79 Å². The number of carbonyl (C=O) groups is 2. The van der Waals surface area contributed by atoms with Crippen LogP contribution in [0.4, 0.5) is 4.39 Å². The molecule has 0 radical (unpaired) electrons. The Kier molecular flexibility index (Phi) is 6.24. The molecule has 1 amide bonds. The minimum absolute atomic E-state index is 0.329. The second-order valence-electron chi connectivity index (χ2n) is 6.48. The average molecular weight is 393 g/mol. The maximum Gasteiger partial charge on any atom is 0.332 e. The van der Waals surface area contributed by atoms with Gasteiger partial charge in [-0.1, -0.05) is 42.5 Å². The molecule has 6 heteroatoms. The van der Waals surface area contributed by atoms with E-state index in [1.165, 1.54) is 23.1 Å².